The van der Waals surface area contributed by atoms with Gasteiger partial charge in [-0.05, 0) is 42.0 Å². The van der Waals surface area contributed by atoms with Crippen LogP contribution in [0, 0.1) is 5.82 Å². The quantitative estimate of drug-likeness (QED) is 0.906. The number of nitrogens with one attached hydrogen (secondary N) is 1. The van der Waals surface area contributed by atoms with Crippen LogP contribution in [0.1, 0.15) is 5.56 Å². The number of hydrogen-bond acceptors (Lipinski definition) is 1. The molecule has 2 amide bonds. The van der Waals surface area contributed by atoms with Gasteiger partial charge in [0.05, 0.1) is 0 Å². The van der Waals surface area contributed by atoms with Crippen LogP contribution in [0.25, 0.3) is 0 Å². The predicted molar refractivity (Wildman–Crippen MR) is 78.3 cm³/mol. The Morgan fingerprint density at radius 2 is 1.75 bits per heavy atom. The van der Waals surface area contributed by atoms with E-state index in [1.807, 2.05) is 12.1 Å². The fourth-order valence-electron chi connectivity index (χ4n) is 1.69. The fraction of sp³-hybridized carbons (Fsp3) is 0.133. The van der Waals surface area contributed by atoms with Gasteiger partial charge < -0.3 is 10.2 Å². The molecule has 0 heterocycles. The minimum absolute atomic E-state index is 0.258. The standard InChI is InChI=1S/C15H14ClFN2O/c1-19(10-11-2-4-12(16)5-3-11)15(20)18-14-8-6-13(17)7-9-14/h2-9H,10H2,1H3,(H,18,20). The lowest BCUT2D eigenvalue weighted by Crippen LogP contribution is -2.30. The highest BCUT2D eigenvalue weighted by molar-refractivity contribution is 6.30. The Morgan fingerprint density at radius 3 is 2.35 bits per heavy atom. The Hall–Kier alpha value is -2.07. The SMILES string of the molecule is CN(Cc1ccc(Cl)cc1)C(=O)Nc1ccc(F)cc1. The number of amides is 2. The van der Waals surface area contributed by atoms with E-state index in [-0.39, 0.29) is 11.8 Å². The molecule has 0 aliphatic heterocycles. The topological polar surface area (TPSA) is 32.3 Å². The van der Waals surface area contributed by atoms with Crippen LogP contribution in [0.15, 0.2) is 48.5 Å². The molecule has 0 saturated heterocycles. The van der Waals surface area contributed by atoms with Crippen LogP contribution in [0.2, 0.25) is 5.02 Å². The molecule has 2 rings (SSSR count). The number of nitrogens with zero attached hydrogens (tertiary/aromatic N) is 1. The number of urea groups is 1. The van der Waals surface area contributed by atoms with Crippen LogP contribution >= 0.6 is 11.6 Å². The summed E-state index contributed by atoms with van der Waals surface area (Å²) in [6.07, 6.45) is 0. The molecule has 0 fully saturated rings. The minimum atomic E-state index is -0.336. The highest BCUT2D eigenvalue weighted by atomic mass is 35.5. The molecule has 1 N–H and O–H groups in total. The molecule has 0 atom stereocenters. The van der Waals surface area contributed by atoms with E-state index >= 15 is 0 Å². The number of rotatable bonds is 3. The van der Waals surface area contributed by atoms with Gasteiger partial charge in [0.1, 0.15) is 5.82 Å². The van der Waals surface area contributed by atoms with E-state index in [9.17, 15) is 9.18 Å². The average molecular weight is 293 g/mol. The van der Waals surface area contributed by atoms with Gasteiger partial charge in [0.15, 0.2) is 0 Å². The van der Waals surface area contributed by atoms with Crippen molar-refractivity contribution in [1.29, 1.82) is 0 Å². The molecule has 104 valence electrons. The first-order chi connectivity index (χ1) is 9.54. The first kappa shape index (κ1) is 14.3. The number of halogens is 2. The number of carbonyl (C=O) groups excluding carboxylic acids is 1. The third kappa shape index (κ3) is 3.96. The van der Waals surface area contributed by atoms with E-state index in [0.29, 0.717) is 17.3 Å². The van der Waals surface area contributed by atoms with Crippen LogP contribution in [-0.4, -0.2) is 18.0 Å². The van der Waals surface area contributed by atoms with E-state index < -0.39 is 0 Å². The van der Waals surface area contributed by atoms with Gasteiger partial charge >= 0.3 is 6.03 Å². The zero-order valence-electron chi connectivity index (χ0n) is 10.9. The largest absolute Gasteiger partial charge is 0.323 e. The van der Waals surface area contributed by atoms with Gasteiger partial charge in [0.2, 0.25) is 0 Å². The van der Waals surface area contributed by atoms with Crippen molar-refractivity contribution in [3.63, 3.8) is 0 Å². The second-order valence-electron chi connectivity index (χ2n) is 4.42. The van der Waals surface area contributed by atoms with Gasteiger partial charge in [0.25, 0.3) is 0 Å². The van der Waals surface area contributed by atoms with Crippen molar-refractivity contribution in [2.24, 2.45) is 0 Å². The van der Waals surface area contributed by atoms with Crippen LogP contribution in [0.4, 0.5) is 14.9 Å². The summed E-state index contributed by atoms with van der Waals surface area (Å²) in [5, 5.41) is 3.35. The van der Waals surface area contributed by atoms with E-state index in [4.69, 9.17) is 11.6 Å². The van der Waals surface area contributed by atoms with Crippen molar-refractivity contribution in [1.82, 2.24) is 4.90 Å². The lowest BCUT2D eigenvalue weighted by atomic mass is 10.2. The Kier molecular flexibility index (Phi) is 4.58. The molecule has 0 saturated carbocycles. The lowest BCUT2D eigenvalue weighted by molar-refractivity contribution is 0.220. The molecule has 0 aliphatic rings. The van der Waals surface area contributed by atoms with Gasteiger partial charge in [-0.2, -0.15) is 0 Å². The summed E-state index contributed by atoms with van der Waals surface area (Å²) in [5.74, 6) is -0.336. The van der Waals surface area contributed by atoms with E-state index in [0.717, 1.165) is 5.56 Å². The molecule has 0 radical (unpaired) electrons. The normalized spacial score (nSPS) is 10.2. The molecular formula is C15H14ClFN2O. The predicted octanol–water partition coefficient (Wildman–Crippen LogP) is 4.14. The molecule has 0 unspecified atom stereocenters. The third-order valence-corrected chi connectivity index (χ3v) is 3.03. The van der Waals surface area contributed by atoms with Gasteiger partial charge in [-0.25, -0.2) is 9.18 Å². The van der Waals surface area contributed by atoms with E-state index in [2.05, 4.69) is 5.32 Å². The third-order valence-electron chi connectivity index (χ3n) is 2.78. The van der Waals surface area contributed by atoms with Crippen LogP contribution in [0.3, 0.4) is 0 Å². The maximum Gasteiger partial charge on any atom is 0.321 e. The highest BCUT2D eigenvalue weighted by Crippen LogP contribution is 2.12. The summed E-state index contributed by atoms with van der Waals surface area (Å²) in [5.41, 5.74) is 1.53. The summed E-state index contributed by atoms with van der Waals surface area (Å²) in [7, 11) is 1.69. The molecule has 2 aromatic carbocycles. The Balaban J connectivity index is 1.94. The molecular weight excluding hydrogens is 279 g/mol. The minimum Gasteiger partial charge on any atom is -0.323 e. The molecule has 0 aromatic heterocycles. The second-order valence-corrected chi connectivity index (χ2v) is 4.86. The second kappa shape index (κ2) is 6.39. The molecule has 0 aliphatic carbocycles. The summed E-state index contributed by atoms with van der Waals surface area (Å²) >= 11 is 5.81. The monoisotopic (exact) mass is 292 g/mol. The Bertz CT molecular complexity index is 584. The van der Waals surface area contributed by atoms with Gasteiger partial charge in [-0.15, -0.1) is 0 Å². The summed E-state index contributed by atoms with van der Waals surface area (Å²) in [6.45, 7) is 0.462. The van der Waals surface area contributed by atoms with Gasteiger partial charge in [0, 0.05) is 24.3 Å². The van der Waals surface area contributed by atoms with Crippen molar-refractivity contribution < 1.29 is 9.18 Å². The van der Waals surface area contributed by atoms with E-state index in [1.54, 1.807) is 19.2 Å². The molecule has 0 bridgehead atoms. The fourth-order valence-corrected chi connectivity index (χ4v) is 1.81. The van der Waals surface area contributed by atoms with Crippen molar-refractivity contribution in [2.75, 3.05) is 12.4 Å². The van der Waals surface area contributed by atoms with Crippen molar-refractivity contribution in [3.8, 4) is 0 Å². The highest BCUT2D eigenvalue weighted by Gasteiger charge is 2.09. The summed E-state index contributed by atoms with van der Waals surface area (Å²) < 4.78 is 12.8. The van der Waals surface area contributed by atoms with Crippen LogP contribution < -0.4 is 5.32 Å². The number of anilines is 1. The Labute approximate surface area is 122 Å². The zero-order valence-corrected chi connectivity index (χ0v) is 11.7. The molecule has 0 spiro atoms. The van der Waals surface area contributed by atoms with Gasteiger partial charge in [-0.3, -0.25) is 0 Å². The first-order valence-electron chi connectivity index (χ1n) is 6.07. The Morgan fingerprint density at radius 1 is 1.15 bits per heavy atom. The molecule has 5 heteroatoms. The number of benzene rings is 2. The van der Waals surface area contributed by atoms with Crippen LogP contribution in [-0.2, 0) is 6.54 Å². The van der Waals surface area contributed by atoms with Crippen LogP contribution in [0.5, 0.6) is 0 Å². The molecule has 20 heavy (non-hydrogen) atoms. The number of hydrogen-bond donors (Lipinski definition) is 1. The maximum atomic E-state index is 12.8. The zero-order chi connectivity index (χ0) is 14.5. The van der Waals surface area contributed by atoms with Crippen molar-refractivity contribution in [2.45, 2.75) is 6.54 Å². The lowest BCUT2D eigenvalue weighted by Gasteiger charge is -2.18. The van der Waals surface area contributed by atoms with Crippen molar-refractivity contribution >= 4 is 23.3 Å². The first-order valence-corrected chi connectivity index (χ1v) is 6.44. The van der Waals surface area contributed by atoms with Gasteiger partial charge in [-0.1, -0.05) is 23.7 Å². The summed E-state index contributed by atoms with van der Waals surface area (Å²) in [6, 6.07) is 12.7. The smallest absolute Gasteiger partial charge is 0.321 e. The summed E-state index contributed by atoms with van der Waals surface area (Å²) in [4.78, 5) is 13.5. The number of carbonyl (C=O) groups is 1. The molecule has 3 nitrogen and oxygen atoms in total. The average Bonchev–Trinajstić information content (AvgIpc) is 2.44. The maximum absolute atomic E-state index is 12.8. The van der Waals surface area contributed by atoms with Crippen molar-refractivity contribution in [3.05, 3.63) is 64.9 Å². The van der Waals surface area contributed by atoms with E-state index in [1.165, 1.54) is 29.2 Å². The molecule has 2 aromatic rings.